The van der Waals surface area contributed by atoms with Gasteiger partial charge in [-0.25, -0.2) is 28.1 Å². The Hall–Kier alpha value is -1.12. The molecule has 0 saturated carbocycles. The maximum absolute atomic E-state index is 8.49. The van der Waals surface area contributed by atoms with Crippen molar-refractivity contribution < 1.29 is 33.5 Å². The van der Waals surface area contributed by atoms with Crippen molar-refractivity contribution in [1.29, 1.82) is 0 Å². The van der Waals surface area contributed by atoms with E-state index in [4.69, 9.17) is 41.8 Å². The van der Waals surface area contributed by atoms with Crippen molar-refractivity contribution in [2.75, 3.05) is 19.0 Å². The smallest absolute Gasteiger partial charge is 0.236 e. The quantitative estimate of drug-likeness (QED) is 0.566. The molecule has 0 aromatic heterocycles. The second-order valence-corrected chi connectivity index (χ2v) is 6.17. The van der Waals surface area contributed by atoms with E-state index in [1.165, 1.54) is 0 Å². The topological polar surface area (TPSA) is 98.5 Å². The summed E-state index contributed by atoms with van der Waals surface area (Å²) in [5.41, 5.74) is 2.25. The number of anilines is 1. The van der Waals surface area contributed by atoms with E-state index >= 15 is 0 Å². The van der Waals surface area contributed by atoms with E-state index in [0.717, 1.165) is 22.1 Å². The summed E-state index contributed by atoms with van der Waals surface area (Å²) in [5.74, 6) is 0. The molecule has 0 amide bonds. The third-order valence-electron chi connectivity index (χ3n) is 3.12. The summed E-state index contributed by atoms with van der Waals surface area (Å²) < 4.78 is 36.0. The molecule has 0 atom stereocenters. The van der Waals surface area contributed by atoms with Gasteiger partial charge >= 0.3 is 0 Å². The minimum atomic E-state index is -4.94. The molecule has 0 radical (unpaired) electrons. The van der Waals surface area contributed by atoms with Gasteiger partial charge < -0.3 is 0 Å². The number of benzene rings is 2. The van der Waals surface area contributed by atoms with E-state index in [2.05, 4.69) is 9.48 Å². The molecule has 1 aliphatic heterocycles. The third-order valence-corrected chi connectivity index (χ3v) is 3.75. The average molecular weight is 366 g/mol. The fourth-order valence-electron chi connectivity index (χ4n) is 2.35. The van der Waals surface area contributed by atoms with Crippen LogP contribution in [0.2, 0.25) is 10.0 Å². The first kappa shape index (κ1) is 17.2. The second-order valence-electron chi connectivity index (χ2n) is 4.60. The first-order chi connectivity index (χ1) is 10.1. The largest absolute Gasteiger partial charge is 0.244 e. The number of hydrogen-bond donors (Lipinski definition) is 0. The van der Waals surface area contributed by atoms with E-state index in [1.54, 1.807) is 0 Å². The Balaban J connectivity index is 0.000000309. The van der Waals surface area contributed by atoms with Gasteiger partial charge in [0.2, 0.25) is 6.34 Å². The number of rotatable bonds is 0. The molecule has 1 heterocycles. The van der Waals surface area contributed by atoms with Gasteiger partial charge in [-0.15, -0.1) is 10.2 Å². The average Bonchev–Trinajstić information content (AvgIpc) is 2.35. The summed E-state index contributed by atoms with van der Waals surface area (Å²) in [6, 6.07) is 7.83. The van der Waals surface area contributed by atoms with Crippen molar-refractivity contribution in [3.8, 4) is 0 Å². The first-order valence-electron chi connectivity index (χ1n) is 5.92. The van der Waals surface area contributed by atoms with Crippen LogP contribution >= 0.6 is 23.2 Å². The summed E-state index contributed by atoms with van der Waals surface area (Å²) in [5, 5.41) is 3.42. The van der Waals surface area contributed by atoms with Gasteiger partial charge in [0.1, 0.15) is 11.4 Å². The molecule has 2 aromatic rings. The molecular formula is C13H11Cl3N2O4. The van der Waals surface area contributed by atoms with E-state index < -0.39 is 10.2 Å². The zero-order valence-corrected chi connectivity index (χ0v) is 13.8. The lowest BCUT2D eigenvalue weighted by Crippen LogP contribution is -2.68. The van der Waals surface area contributed by atoms with E-state index in [-0.39, 0.29) is 0 Å². The van der Waals surface area contributed by atoms with Crippen molar-refractivity contribution in [2.45, 2.75) is 0 Å². The Kier molecular flexibility index (Phi) is 4.84. The molecule has 0 fully saturated rings. The van der Waals surface area contributed by atoms with Gasteiger partial charge in [0, 0.05) is 5.39 Å². The molecule has 0 spiro atoms. The van der Waals surface area contributed by atoms with Crippen LogP contribution < -0.4 is 23.5 Å². The minimum Gasteiger partial charge on any atom is -0.236 e. The molecule has 118 valence electrons. The molecule has 0 bridgehead atoms. The fraction of sp³-hybridized carbons (Fsp3) is 0.154. The van der Waals surface area contributed by atoms with Crippen LogP contribution in [0, 0.1) is 10.2 Å². The maximum Gasteiger partial charge on any atom is 0.244 e. The highest BCUT2D eigenvalue weighted by Gasteiger charge is 2.24. The van der Waals surface area contributed by atoms with Crippen molar-refractivity contribution in [1.82, 2.24) is 0 Å². The lowest BCUT2D eigenvalue weighted by atomic mass is 10.0. The fourth-order valence-corrected chi connectivity index (χ4v) is 2.92. The van der Waals surface area contributed by atoms with Crippen LogP contribution in [0.15, 0.2) is 24.3 Å². The lowest BCUT2D eigenvalue weighted by molar-refractivity contribution is -2.00. The van der Waals surface area contributed by atoms with Crippen LogP contribution in [0.1, 0.15) is 0 Å². The van der Waals surface area contributed by atoms with E-state index in [9.17, 15) is 0 Å². The zero-order chi connectivity index (χ0) is 16.7. The molecule has 0 unspecified atom stereocenters. The zero-order valence-electron chi connectivity index (χ0n) is 11.5. The standard InChI is InChI=1S/C13H11Cl2N2.ClHO4/c1-16-7-17(2)11-6-4-9(15)12-8(14)3-5-10(16)13(11)12;2-1(3,4)5/h3-7H,1-2H3;(H,2,3,4,5)/q+1;/p-1. The Bertz CT molecular complexity index is 745. The van der Waals surface area contributed by atoms with Crippen LogP contribution in [-0.2, 0) is 0 Å². The highest BCUT2D eigenvalue weighted by atomic mass is 35.7. The number of nitrogens with zero attached hydrogens (tertiary/aromatic N) is 2. The van der Waals surface area contributed by atoms with Crippen molar-refractivity contribution in [2.24, 2.45) is 0 Å². The molecule has 2 aromatic carbocycles. The van der Waals surface area contributed by atoms with Gasteiger partial charge in [0.25, 0.3) is 0 Å². The second kappa shape index (κ2) is 6.17. The van der Waals surface area contributed by atoms with E-state index in [0.29, 0.717) is 10.0 Å². The van der Waals surface area contributed by atoms with Crippen LogP contribution in [0.4, 0.5) is 11.4 Å². The van der Waals surface area contributed by atoms with Gasteiger partial charge in [-0.1, -0.05) is 23.2 Å². The Morgan fingerprint density at radius 1 is 0.955 bits per heavy atom. The molecule has 0 saturated heterocycles. The summed E-state index contributed by atoms with van der Waals surface area (Å²) in [7, 11) is -0.911. The predicted molar refractivity (Wildman–Crippen MR) is 74.3 cm³/mol. The van der Waals surface area contributed by atoms with Crippen LogP contribution in [0.5, 0.6) is 0 Å². The van der Waals surface area contributed by atoms with Gasteiger partial charge in [-0.05, 0) is 24.3 Å². The van der Waals surface area contributed by atoms with Gasteiger partial charge in [-0.3, -0.25) is 0 Å². The minimum absolute atomic E-state index is 0.694. The molecular weight excluding hydrogens is 355 g/mol. The molecule has 0 aliphatic carbocycles. The molecule has 0 N–H and O–H groups in total. The lowest BCUT2D eigenvalue weighted by Gasteiger charge is -2.19. The highest BCUT2D eigenvalue weighted by Crippen LogP contribution is 2.42. The van der Waals surface area contributed by atoms with Crippen molar-refractivity contribution in [3.05, 3.63) is 34.3 Å². The molecule has 3 rings (SSSR count). The summed E-state index contributed by atoms with van der Waals surface area (Å²) in [4.78, 5) is 2.07. The first-order valence-corrected chi connectivity index (χ1v) is 7.91. The van der Waals surface area contributed by atoms with E-state index in [1.807, 2.05) is 44.7 Å². The summed E-state index contributed by atoms with van der Waals surface area (Å²) >= 11 is 12.5. The predicted octanol–water partition coefficient (Wildman–Crippen LogP) is -0.858. The normalized spacial score (nSPS) is 13.6. The molecule has 9 heteroatoms. The summed E-state index contributed by atoms with van der Waals surface area (Å²) in [6.45, 7) is 0. The van der Waals surface area contributed by atoms with Crippen molar-refractivity contribution >= 4 is 51.7 Å². The Morgan fingerprint density at radius 2 is 1.45 bits per heavy atom. The monoisotopic (exact) mass is 364 g/mol. The van der Waals surface area contributed by atoms with Crippen LogP contribution in [0.25, 0.3) is 10.8 Å². The molecule has 6 nitrogen and oxygen atoms in total. The van der Waals surface area contributed by atoms with Crippen LogP contribution in [0.3, 0.4) is 0 Å². The number of hydrogen-bond acceptors (Lipinski definition) is 5. The number of halogens is 3. The maximum atomic E-state index is 8.49. The highest BCUT2D eigenvalue weighted by molar-refractivity contribution is 6.43. The molecule has 22 heavy (non-hydrogen) atoms. The van der Waals surface area contributed by atoms with Crippen molar-refractivity contribution in [3.63, 3.8) is 0 Å². The van der Waals surface area contributed by atoms with Gasteiger partial charge in [0.05, 0.1) is 29.5 Å². The van der Waals surface area contributed by atoms with Crippen LogP contribution in [-0.4, -0.2) is 25.0 Å². The van der Waals surface area contributed by atoms with Gasteiger partial charge in [0.15, 0.2) is 0 Å². The third kappa shape index (κ3) is 3.61. The summed E-state index contributed by atoms with van der Waals surface area (Å²) in [6.07, 6.45) is 2.04. The SMILES string of the molecule is CN1C=[N+](C)c2ccc(Cl)c3c(Cl)ccc1c23.[O-][Cl+3]([O-])([O-])[O-]. The molecule has 1 aliphatic rings. The Morgan fingerprint density at radius 3 is 2.00 bits per heavy atom. The van der Waals surface area contributed by atoms with Gasteiger partial charge in [-0.2, -0.15) is 0 Å². The Labute approximate surface area is 138 Å².